The van der Waals surface area contributed by atoms with Crippen molar-refractivity contribution >= 4 is 18.0 Å². The van der Waals surface area contributed by atoms with Crippen LogP contribution < -0.4 is 5.32 Å². The number of nitrogens with one attached hydrogen (secondary N) is 1. The summed E-state index contributed by atoms with van der Waals surface area (Å²) in [4.78, 5) is 28.6. The third-order valence-electron chi connectivity index (χ3n) is 6.14. The van der Waals surface area contributed by atoms with Crippen LogP contribution >= 0.6 is 0 Å². The first-order valence-electron chi connectivity index (χ1n) is 11.2. The summed E-state index contributed by atoms with van der Waals surface area (Å²) in [5.41, 5.74) is 3.21. The van der Waals surface area contributed by atoms with Crippen LogP contribution in [0, 0.1) is 17.1 Å². The van der Waals surface area contributed by atoms with E-state index in [1.165, 1.54) is 12.1 Å². The lowest BCUT2D eigenvalue weighted by Gasteiger charge is -2.26. The standard InChI is InChI=1S/C24H27FN8O2/c1-30(2)12-17(22-6-8-27-31(22)3)13-33-23(15-34)19-14-32(9-7-21(19)29-33)24(35)28-18-4-5-20(25)16(10-18)11-26/h4-6,8,10,15,17H,7,9,12-14H2,1-3H3,(H,28,35). The molecule has 2 aromatic heterocycles. The zero-order valence-corrected chi connectivity index (χ0v) is 19.9. The molecule has 35 heavy (non-hydrogen) atoms. The molecule has 0 radical (unpaired) electrons. The molecule has 3 heterocycles. The molecule has 1 N–H and O–H groups in total. The van der Waals surface area contributed by atoms with Crippen LogP contribution in [-0.4, -0.2) is 68.9 Å². The smallest absolute Gasteiger partial charge is 0.320 e. The number of aldehydes is 1. The Bertz CT molecular complexity index is 1290. The lowest BCUT2D eigenvalue weighted by atomic mass is 10.0. The number of fused-ring (bicyclic) bond motifs is 1. The molecule has 10 nitrogen and oxygen atoms in total. The summed E-state index contributed by atoms with van der Waals surface area (Å²) in [7, 11) is 5.88. The molecule has 0 spiro atoms. The summed E-state index contributed by atoms with van der Waals surface area (Å²) in [6.45, 7) is 1.89. The maximum Gasteiger partial charge on any atom is 0.322 e. The second-order valence-corrected chi connectivity index (χ2v) is 8.86. The fraction of sp³-hybridized carbons (Fsp3) is 0.375. The van der Waals surface area contributed by atoms with Gasteiger partial charge in [-0.05, 0) is 38.4 Å². The van der Waals surface area contributed by atoms with Gasteiger partial charge in [0.05, 0.1) is 24.3 Å². The third-order valence-corrected chi connectivity index (χ3v) is 6.14. The number of aromatic nitrogens is 4. The maximum absolute atomic E-state index is 13.6. The van der Waals surface area contributed by atoms with Crippen molar-refractivity contribution in [2.45, 2.75) is 25.4 Å². The van der Waals surface area contributed by atoms with Crippen molar-refractivity contribution in [3.05, 3.63) is 64.5 Å². The van der Waals surface area contributed by atoms with E-state index in [9.17, 15) is 14.0 Å². The number of rotatable bonds is 7. The number of aryl methyl sites for hydroxylation is 1. The molecule has 0 bridgehead atoms. The molecular formula is C24H27FN8O2. The zero-order chi connectivity index (χ0) is 25.1. The summed E-state index contributed by atoms with van der Waals surface area (Å²) in [6, 6.07) is 7.18. The van der Waals surface area contributed by atoms with Gasteiger partial charge in [-0.3, -0.25) is 14.2 Å². The largest absolute Gasteiger partial charge is 0.322 e. The predicted octanol–water partition coefficient (Wildman–Crippen LogP) is 2.38. The number of nitrogens with zero attached hydrogens (tertiary/aromatic N) is 7. The Balaban J connectivity index is 1.54. The topological polar surface area (TPSA) is 112 Å². The Labute approximate surface area is 202 Å². The van der Waals surface area contributed by atoms with E-state index in [0.29, 0.717) is 30.9 Å². The minimum Gasteiger partial charge on any atom is -0.320 e. The predicted molar refractivity (Wildman–Crippen MR) is 126 cm³/mol. The van der Waals surface area contributed by atoms with Crippen molar-refractivity contribution in [2.75, 3.05) is 32.5 Å². The van der Waals surface area contributed by atoms with Gasteiger partial charge in [-0.15, -0.1) is 0 Å². The van der Waals surface area contributed by atoms with Gasteiger partial charge in [0, 0.05) is 55.6 Å². The number of halogens is 1. The molecule has 4 rings (SSSR count). The molecule has 1 aliphatic heterocycles. The molecule has 1 aromatic carbocycles. The van der Waals surface area contributed by atoms with Crippen LogP contribution in [0.15, 0.2) is 30.5 Å². The van der Waals surface area contributed by atoms with Gasteiger partial charge in [-0.1, -0.05) is 0 Å². The van der Waals surface area contributed by atoms with Gasteiger partial charge in [0.25, 0.3) is 0 Å². The van der Waals surface area contributed by atoms with Crippen LogP contribution in [-0.2, 0) is 26.6 Å². The van der Waals surface area contributed by atoms with Crippen molar-refractivity contribution in [3.63, 3.8) is 0 Å². The zero-order valence-electron chi connectivity index (χ0n) is 19.9. The highest BCUT2D eigenvalue weighted by Crippen LogP contribution is 2.25. The number of carbonyl (C=O) groups excluding carboxylic acids is 2. The number of likely N-dealkylation sites (N-methyl/N-ethyl adjacent to an activating group) is 1. The Hall–Kier alpha value is -4.04. The first-order chi connectivity index (χ1) is 16.8. The SMILES string of the molecule is CN(C)CC(Cn1nc2c(c1C=O)CN(C(=O)Nc1ccc(F)c(C#N)c1)CC2)c1ccnn1C. The number of hydrogen-bond acceptors (Lipinski definition) is 6. The minimum absolute atomic E-state index is 0.0600. The van der Waals surface area contributed by atoms with E-state index in [1.807, 2.05) is 31.9 Å². The lowest BCUT2D eigenvalue weighted by molar-refractivity contribution is 0.111. The second-order valence-electron chi connectivity index (χ2n) is 8.86. The van der Waals surface area contributed by atoms with Gasteiger partial charge in [-0.25, -0.2) is 9.18 Å². The number of nitriles is 1. The molecule has 1 atom stereocenters. The van der Waals surface area contributed by atoms with Crippen molar-refractivity contribution in [2.24, 2.45) is 7.05 Å². The van der Waals surface area contributed by atoms with Crippen LogP contribution in [0.3, 0.4) is 0 Å². The first-order valence-corrected chi connectivity index (χ1v) is 11.2. The van der Waals surface area contributed by atoms with Crippen molar-refractivity contribution < 1.29 is 14.0 Å². The number of anilines is 1. The molecule has 3 aromatic rings. The normalized spacial score (nSPS) is 13.9. The molecule has 1 aliphatic rings. The highest BCUT2D eigenvalue weighted by molar-refractivity contribution is 5.90. The number of hydrogen-bond donors (Lipinski definition) is 1. The van der Waals surface area contributed by atoms with Gasteiger partial charge in [0.1, 0.15) is 17.6 Å². The quantitative estimate of drug-likeness (QED) is 0.522. The molecule has 0 aliphatic carbocycles. The number of carbonyl (C=O) groups is 2. The van der Waals surface area contributed by atoms with Crippen molar-refractivity contribution in [1.29, 1.82) is 5.26 Å². The Morgan fingerprint density at radius 2 is 2.17 bits per heavy atom. The van der Waals surface area contributed by atoms with E-state index in [0.717, 1.165) is 35.8 Å². The Morgan fingerprint density at radius 1 is 1.37 bits per heavy atom. The van der Waals surface area contributed by atoms with Crippen LogP contribution in [0.1, 0.15) is 38.9 Å². The van der Waals surface area contributed by atoms with Gasteiger partial charge in [0.15, 0.2) is 6.29 Å². The number of amides is 2. The Morgan fingerprint density at radius 3 is 2.83 bits per heavy atom. The number of urea groups is 1. The van der Waals surface area contributed by atoms with E-state index in [4.69, 9.17) is 10.4 Å². The van der Waals surface area contributed by atoms with Gasteiger partial charge < -0.3 is 15.1 Å². The molecule has 2 amide bonds. The van der Waals surface area contributed by atoms with E-state index < -0.39 is 11.8 Å². The monoisotopic (exact) mass is 478 g/mol. The Kier molecular flexibility index (Phi) is 6.93. The van der Waals surface area contributed by atoms with Crippen molar-refractivity contribution in [1.82, 2.24) is 29.4 Å². The summed E-state index contributed by atoms with van der Waals surface area (Å²) >= 11 is 0. The van der Waals surface area contributed by atoms with E-state index in [2.05, 4.69) is 15.3 Å². The minimum atomic E-state index is -0.644. The van der Waals surface area contributed by atoms with Crippen LogP contribution in [0.25, 0.3) is 0 Å². The molecule has 182 valence electrons. The van der Waals surface area contributed by atoms with Crippen LogP contribution in [0.4, 0.5) is 14.9 Å². The fourth-order valence-electron chi connectivity index (χ4n) is 4.46. The average Bonchev–Trinajstić information content (AvgIpc) is 3.41. The highest BCUT2D eigenvalue weighted by Gasteiger charge is 2.29. The molecular weight excluding hydrogens is 451 g/mol. The van der Waals surface area contributed by atoms with Gasteiger partial charge in [-0.2, -0.15) is 15.5 Å². The average molecular weight is 479 g/mol. The van der Waals surface area contributed by atoms with E-state index >= 15 is 0 Å². The summed E-state index contributed by atoms with van der Waals surface area (Å²) < 4.78 is 17.2. The van der Waals surface area contributed by atoms with Crippen molar-refractivity contribution in [3.8, 4) is 6.07 Å². The van der Waals surface area contributed by atoms with Gasteiger partial charge in [0.2, 0.25) is 0 Å². The molecule has 11 heteroatoms. The summed E-state index contributed by atoms with van der Waals surface area (Å²) in [5, 5.41) is 20.7. The molecule has 1 unspecified atom stereocenters. The van der Waals surface area contributed by atoms with E-state index in [1.54, 1.807) is 21.8 Å². The maximum atomic E-state index is 13.6. The van der Waals surface area contributed by atoms with Gasteiger partial charge >= 0.3 is 6.03 Å². The molecule has 0 saturated heterocycles. The first kappa shape index (κ1) is 24.1. The van der Waals surface area contributed by atoms with Crippen LogP contribution in [0.5, 0.6) is 0 Å². The summed E-state index contributed by atoms with van der Waals surface area (Å²) in [5.74, 6) is -0.584. The molecule has 0 saturated carbocycles. The second kappa shape index (κ2) is 10.1. The highest BCUT2D eigenvalue weighted by atomic mass is 19.1. The number of benzene rings is 1. The fourth-order valence-corrected chi connectivity index (χ4v) is 4.46. The molecule has 0 fully saturated rings. The third kappa shape index (κ3) is 5.07. The van der Waals surface area contributed by atoms with Crippen LogP contribution in [0.2, 0.25) is 0 Å². The van der Waals surface area contributed by atoms with E-state index in [-0.39, 0.29) is 18.0 Å². The lowest BCUT2D eigenvalue weighted by Crippen LogP contribution is -2.39. The summed E-state index contributed by atoms with van der Waals surface area (Å²) in [6.07, 6.45) is 3.06.